The largest absolute Gasteiger partial charge is 0.328 e. The van der Waals surface area contributed by atoms with Crippen LogP contribution in [0.5, 0.6) is 0 Å². The van der Waals surface area contributed by atoms with Crippen molar-refractivity contribution in [2.24, 2.45) is 0 Å². The molecule has 0 spiro atoms. The summed E-state index contributed by atoms with van der Waals surface area (Å²) < 4.78 is 0. The molecular weight excluding hydrogens is 284 g/mol. The second-order valence-electron chi connectivity index (χ2n) is 5.38. The fraction of sp³-hybridized carbons (Fsp3) is 0. The van der Waals surface area contributed by atoms with Gasteiger partial charge in [0.25, 0.3) is 5.56 Å². The van der Waals surface area contributed by atoms with Gasteiger partial charge in [0, 0.05) is 28.9 Å². The molecular formula is C20H14N2O. The van der Waals surface area contributed by atoms with Crippen molar-refractivity contribution in [2.75, 3.05) is 0 Å². The Bertz CT molecular complexity index is 1020. The highest BCUT2D eigenvalue weighted by Crippen LogP contribution is 2.28. The SMILES string of the molecule is O=c1[nH]cc(-c2ccccc2)c2cc(-c3ccccc3)ncc12. The number of hydrogen-bond donors (Lipinski definition) is 1. The first kappa shape index (κ1) is 13.5. The number of aromatic amines is 1. The van der Waals surface area contributed by atoms with Crippen LogP contribution in [-0.4, -0.2) is 9.97 Å². The Balaban J connectivity index is 2.01. The van der Waals surface area contributed by atoms with E-state index in [9.17, 15) is 4.79 Å². The molecule has 110 valence electrons. The lowest BCUT2D eigenvalue weighted by Gasteiger charge is -2.08. The summed E-state index contributed by atoms with van der Waals surface area (Å²) in [7, 11) is 0. The van der Waals surface area contributed by atoms with Crippen LogP contribution in [-0.2, 0) is 0 Å². The summed E-state index contributed by atoms with van der Waals surface area (Å²) in [5.74, 6) is 0. The van der Waals surface area contributed by atoms with E-state index in [1.165, 1.54) is 0 Å². The maximum absolute atomic E-state index is 12.1. The fourth-order valence-electron chi connectivity index (χ4n) is 2.78. The highest BCUT2D eigenvalue weighted by molar-refractivity contribution is 5.97. The quantitative estimate of drug-likeness (QED) is 0.601. The molecule has 1 N–H and O–H groups in total. The third-order valence-electron chi connectivity index (χ3n) is 3.94. The smallest absolute Gasteiger partial charge is 0.257 e. The molecule has 3 nitrogen and oxygen atoms in total. The first-order valence-corrected chi connectivity index (χ1v) is 7.45. The van der Waals surface area contributed by atoms with Crippen molar-refractivity contribution in [3.05, 3.63) is 89.5 Å². The maximum atomic E-state index is 12.1. The monoisotopic (exact) mass is 298 g/mol. The van der Waals surface area contributed by atoms with E-state index in [0.717, 1.165) is 27.8 Å². The average molecular weight is 298 g/mol. The third kappa shape index (κ3) is 2.42. The molecule has 4 aromatic rings. The number of nitrogens with zero attached hydrogens (tertiary/aromatic N) is 1. The van der Waals surface area contributed by atoms with E-state index < -0.39 is 0 Å². The van der Waals surface area contributed by atoms with Gasteiger partial charge in [-0.1, -0.05) is 60.7 Å². The molecule has 0 bridgehead atoms. The predicted molar refractivity (Wildman–Crippen MR) is 93.2 cm³/mol. The number of hydrogen-bond acceptors (Lipinski definition) is 2. The average Bonchev–Trinajstić information content (AvgIpc) is 2.63. The van der Waals surface area contributed by atoms with E-state index in [1.807, 2.05) is 66.7 Å². The van der Waals surface area contributed by atoms with Crippen molar-refractivity contribution in [1.29, 1.82) is 0 Å². The standard InChI is InChI=1S/C20H14N2O/c23-20-18-13-21-19(15-9-5-2-6-10-15)11-16(18)17(12-22-20)14-7-3-1-4-8-14/h1-13H,(H,22,23). The number of pyridine rings is 2. The Labute approximate surface area is 133 Å². The molecule has 3 heteroatoms. The Morgan fingerprint density at radius 1 is 0.783 bits per heavy atom. The zero-order valence-electron chi connectivity index (χ0n) is 12.4. The molecule has 0 atom stereocenters. The van der Waals surface area contributed by atoms with E-state index in [2.05, 4.69) is 9.97 Å². The van der Waals surface area contributed by atoms with Crippen molar-refractivity contribution in [1.82, 2.24) is 9.97 Å². The Morgan fingerprint density at radius 3 is 2.13 bits per heavy atom. The van der Waals surface area contributed by atoms with E-state index in [1.54, 1.807) is 12.4 Å². The summed E-state index contributed by atoms with van der Waals surface area (Å²) in [5, 5.41) is 1.51. The van der Waals surface area contributed by atoms with Crippen LogP contribution in [0.15, 0.2) is 83.9 Å². The summed E-state index contributed by atoms with van der Waals surface area (Å²) in [6.45, 7) is 0. The van der Waals surface area contributed by atoms with Crippen LogP contribution in [0.2, 0.25) is 0 Å². The molecule has 2 aromatic heterocycles. The van der Waals surface area contributed by atoms with Crippen LogP contribution in [0.3, 0.4) is 0 Å². The summed E-state index contributed by atoms with van der Waals surface area (Å²) in [6.07, 6.45) is 3.43. The van der Waals surface area contributed by atoms with Crippen LogP contribution in [0.25, 0.3) is 33.2 Å². The second kappa shape index (κ2) is 5.54. The predicted octanol–water partition coefficient (Wildman–Crippen LogP) is 4.26. The highest BCUT2D eigenvalue weighted by Gasteiger charge is 2.09. The lowest BCUT2D eigenvalue weighted by Crippen LogP contribution is -2.06. The molecule has 23 heavy (non-hydrogen) atoms. The van der Waals surface area contributed by atoms with E-state index in [-0.39, 0.29) is 5.56 Å². The molecule has 0 fully saturated rings. The second-order valence-corrected chi connectivity index (χ2v) is 5.38. The lowest BCUT2D eigenvalue weighted by atomic mass is 10.0. The zero-order chi connectivity index (χ0) is 15.6. The minimum Gasteiger partial charge on any atom is -0.328 e. The zero-order valence-corrected chi connectivity index (χ0v) is 12.4. The first-order valence-electron chi connectivity index (χ1n) is 7.45. The van der Waals surface area contributed by atoms with Gasteiger partial charge in [-0.25, -0.2) is 0 Å². The number of aromatic nitrogens is 2. The lowest BCUT2D eigenvalue weighted by molar-refractivity contribution is 1.26. The Kier molecular flexibility index (Phi) is 3.24. The van der Waals surface area contributed by atoms with Gasteiger partial charge in [-0.15, -0.1) is 0 Å². The van der Waals surface area contributed by atoms with Gasteiger partial charge in [-0.3, -0.25) is 9.78 Å². The topological polar surface area (TPSA) is 45.8 Å². The van der Waals surface area contributed by atoms with Gasteiger partial charge < -0.3 is 4.98 Å². The van der Waals surface area contributed by atoms with Crippen LogP contribution in [0, 0.1) is 0 Å². The molecule has 4 rings (SSSR count). The number of fused-ring (bicyclic) bond motifs is 1. The summed E-state index contributed by atoms with van der Waals surface area (Å²) in [4.78, 5) is 19.4. The molecule has 0 aliphatic carbocycles. The minimum absolute atomic E-state index is 0.119. The summed E-state index contributed by atoms with van der Waals surface area (Å²) in [5.41, 5.74) is 3.85. The van der Waals surface area contributed by atoms with Crippen molar-refractivity contribution >= 4 is 10.8 Å². The van der Waals surface area contributed by atoms with Gasteiger partial charge in [-0.2, -0.15) is 0 Å². The minimum atomic E-state index is -0.119. The summed E-state index contributed by atoms with van der Waals surface area (Å²) in [6, 6.07) is 22.0. The van der Waals surface area contributed by atoms with Gasteiger partial charge in [0.15, 0.2) is 0 Å². The molecule has 2 heterocycles. The van der Waals surface area contributed by atoms with Crippen LogP contribution in [0.4, 0.5) is 0 Å². The van der Waals surface area contributed by atoms with E-state index in [0.29, 0.717) is 5.39 Å². The number of rotatable bonds is 2. The highest BCUT2D eigenvalue weighted by atomic mass is 16.1. The van der Waals surface area contributed by atoms with Gasteiger partial charge in [-0.05, 0) is 11.6 Å². The molecule has 0 amide bonds. The Hall–Kier alpha value is -3.20. The molecule has 0 radical (unpaired) electrons. The Morgan fingerprint density at radius 2 is 1.43 bits per heavy atom. The van der Waals surface area contributed by atoms with Gasteiger partial charge in [0.1, 0.15) is 0 Å². The maximum Gasteiger partial charge on any atom is 0.257 e. The van der Waals surface area contributed by atoms with Gasteiger partial charge >= 0.3 is 0 Å². The molecule has 0 aliphatic heterocycles. The number of H-pyrrole nitrogens is 1. The van der Waals surface area contributed by atoms with Crippen molar-refractivity contribution in [2.45, 2.75) is 0 Å². The molecule has 0 aliphatic rings. The molecule has 2 aromatic carbocycles. The fourth-order valence-corrected chi connectivity index (χ4v) is 2.78. The van der Waals surface area contributed by atoms with Crippen LogP contribution < -0.4 is 5.56 Å². The van der Waals surface area contributed by atoms with Gasteiger partial charge in [0.2, 0.25) is 0 Å². The summed E-state index contributed by atoms with van der Waals surface area (Å²) >= 11 is 0. The normalized spacial score (nSPS) is 10.8. The van der Waals surface area contributed by atoms with E-state index >= 15 is 0 Å². The van der Waals surface area contributed by atoms with Gasteiger partial charge in [0.05, 0.1) is 11.1 Å². The van der Waals surface area contributed by atoms with Crippen LogP contribution in [0.1, 0.15) is 0 Å². The van der Waals surface area contributed by atoms with Crippen molar-refractivity contribution in [3.63, 3.8) is 0 Å². The first-order chi connectivity index (χ1) is 11.3. The molecule has 0 unspecified atom stereocenters. The number of benzene rings is 2. The van der Waals surface area contributed by atoms with E-state index in [4.69, 9.17) is 0 Å². The van der Waals surface area contributed by atoms with Crippen LogP contribution >= 0.6 is 0 Å². The van der Waals surface area contributed by atoms with Crippen molar-refractivity contribution in [3.8, 4) is 22.4 Å². The third-order valence-corrected chi connectivity index (χ3v) is 3.94. The van der Waals surface area contributed by atoms with Crippen molar-refractivity contribution < 1.29 is 0 Å². The molecule has 0 saturated carbocycles. The number of nitrogens with one attached hydrogen (secondary N) is 1. The molecule has 0 saturated heterocycles.